The van der Waals surface area contributed by atoms with E-state index in [0.29, 0.717) is 16.8 Å². The van der Waals surface area contributed by atoms with E-state index in [0.717, 1.165) is 11.3 Å². The van der Waals surface area contributed by atoms with Crippen LogP contribution < -0.4 is 4.74 Å². The fraction of sp³-hybridized carbons (Fsp3) is 0.312. The zero-order valence-electron chi connectivity index (χ0n) is 11.8. The van der Waals surface area contributed by atoms with E-state index < -0.39 is 0 Å². The van der Waals surface area contributed by atoms with Crippen molar-refractivity contribution in [3.63, 3.8) is 0 Å². The monoisotopic (exact) mass is 309 g/mol. The Labute approximate surface area is 129 Å². The van der Waals surface area contributed by atoms with Gasteiger partial charge >= 0.3 is 0 Å². The summed E-state index contributed by atoms with van der Waals surface area (Å²) in [5.74, 6) is 1.59. The highest BCUT2D eigenvalue weighted by molar-refractivity contribution is 6.32. The van der Waals surface area contributed by atoms with Crippen LogP contribution in [0.5, 0.6) is 11.6 Å². The molecule has 0 amide bonds. The SMILES string of the molecule is CC(C)(C)c1cccc(Oc2cc(CCl)c(Cl)cn2)c1. The topological polar surface area (TPSA) is 22.1 Å². The molecule has 1 aromatic heterocycles. The molecule has 0 spiro atoms. The average molecular weight is 310 g/mol. The molecule has 0 radical (unpaired) electrons. The van der Waals surface area contributed by atoms with Crippen molar-refractivity contribution in [3.8, 4) is 11.6 Å². The molecule has 0 atom stereocenters. The summed E-state index contributed by atoms with van der Waals surface area (Å²) in [5, 5.41) is 0.552. The Hall–Kier alpha value is -1.25. The molecule has 0 aliphatic heterocycles. The van der Waals surface area contributed by atoms with Crippen molar-refractivity contribution in [2.45, 2.75) is 32.1 Å². The lowest BCUT2D eigenvalue weighted by Gasteiger charge is -2.19. The average Bonchev–Trinajstić information content (AvgIpc) is 2.40. The minimum atomic E-state index is 0.0775. The van der Waals surface area contributed by atoms with Crippen molar-refractivity contribution in [1.82, 2.24) is 4.98 Å². The maximum absolute atomic E-state index is 5.98. The number of hydrogen-bond donors (Lipinski definition) is 0. The molecular formula is C16H17Cl2NO. The van der Waals surface area contributed by atoms with E-state index in [-0.39, 0.29) is 5.41 Å². The van der Waals surface area contributed by atoms with E-state index >= 15 is 0 Å². The van der Waals surface area contributed by atoms with Crippen LogP contribution in [-0.2, 0) is 11.3 Å². The maximum atomic E-state index is 5.98. The van der Waals surface area contributed by atoms with Gasteiger partial charge in [-0.2, -0.15) is 0 Å². The number of halogens is 2. The van der Waals surface area contributed by atoms with Crippen molar-refractivity contribution in [2.24, 2.45) is 0 Å². The first-order chi connectivity index (χ1) is 9.40. The van der Waals surface area contributed by atoms with Crippen LogP contribution >= 0.6 is 23.2 Å². The second kappa shape index (κ2) is 6.02. The molecule has 2 rings (SSSR count). The van der Waals surface area contributed by atoms with Crippen LogP contribution in [0.1, 0.15) is 31.9 Å². The first kappa shape index (κ1) is 15.1. The molecular weight excluding hydrogens is 293 g/mol. The first-order valence-corrected chi connectivity index (χ1v) is 7.30. The third kappa shape index (κ3) is 3.65. The van der Waals surface area contributed by atoms with E-state index in [1.807, 2.05) is 18.2 Å². The van der Waals surface area contributed by atoms with E-state index in [4.69, 9.17) is 27.9 Å². The molecule has 20 heavy (non-hydrogen) atoms. The highest BCUT2D eigenvalue weighted by atomic mass is 35.5. The van der Waals surface area contributed by atoms with Crippen molar-refractivity contribution < 1.29 is 4.74 Å². The lowest BCUT2D eigenvalue weighted by Crippen LogP contribution is -2.10. The lowest BCUT2D eigenvalue weighted by molar-refractivity contribution is 0.459. The molecule has 106 valence electrons. The van der Waals surface area contributed by atoms with Gasteiger partial charge in [-0.15, -0.1) is 11.6 Å². The molecule has 0 bridgehead atoms. The molecule has 0 aliphatic carbocycles. The molecule has 0 fully saturated rings. The second-order valence-corrected chi connectivity index (χ2v) is 6.30. The molecule has 0 aliphatic rings. The number of hydrogen-bond acceptors (Lipinski definition) is 2. The molecule has 4 heteroatoms. The number of alkyl halides is 1. The largest absolute Gasteiger partial charge is 0.439 e. The van der Waals surface area contributed by atoms with Crippen LogP contribution in [0.15, 0.2) is 36.5 Å². The highest BCUT2D eigenvalue weighted by Gasteiger charge is 2.14. The quantitative estimate of drug-likeness (QED) is 0.692. The lowest BCUT2D eigenvalue weighted by atomic mass is 9.87. The van der Waals surface area contributed by atoms with Crippen LogP contribution in [0.3, 0.4) is 0 Å². The van der Waals surface area contributed by atoms with Crippen molar-refractivity contribution in [2.75, 3.05) is 0 Å². The predicted octanol–water partition coefficient (Wildman–Crippen LogP) is 5.56. The molecule has 0 unspecified atom stereocenters. The molecule has 2 nitrogen and oxygen atoms in total. The Balaban J connectivity index is 2.26. The van der Waals surface area contributed by atoms with Gasteiger partial charge in [0.15, 0.2) is 0 Å². The van der Waals surface area contributed by atoms with Gasteiger partial charge in [-0.3, -0.25) is 0 Å². The summed E-state index contributed by atoms with van der Waals surface area (Å²) in [6.07, 6.45) is 1.56. The third-order valence-electron chi connectivity index (χ3n) is 2.98. The van der Waals surface area contributed by atoms with Crippen molar-refractivity contribution in [1.29, 1.82) is 0 Å². The number of pyridine rings is 1. The second-order valence-electron chi connectivity index (χ2n) is 5.63. The van der Waals surface area contributed by atoms with Gasteiger partial charge in [0, 0.05) is 18.1 Å². The Bertz CT molecular complexity index is 606. The molecule has 0 N–H and O–H groups in total. The predicted molar refractivity (Wildman–Crippen MR) is 84.0 cm³/mol. The molecule has 2 aromatic rings. The minimum Gasteiger partial charge on any atom is -0.439 e. The Morgan fingerprint density at radius 2 is 1.95 bits per heavy atom. The van der Waals surface area contributed by atoms with E-state index in [9.17, 15) is 0 Å². The van der Waals surface area contributed by atoms with Gasteiger partial charge in [-0.05, 0) is 28.7 Å². The molecule has 1 aromatic carbocycles. The molecule has 0 saturated carbocycles. The molecule has 0 saturated heterocycles. The van der Waals surface area contributed by atoms with Crippen LogP contribution in [0.25, 0.3) is 0 Å². The Morgan fingerprint density at radius 1 is 1.20 bits per heavy atom. The minimum absolute atomic E-state index is 0.0775. The first-order valence-electron chi connectivity index (χ1n) is 6.39. The van der Waals surface area contributed by atoms with E-state index in [2.05, 4.69) is 31.8 Å². The van der Waals surface area contributed by atoms with Gasteiger partial charge in [0.25, 0.3) is 0 Å². The summed E-state index contributed by atoms with van der Waals surface area (Å²) in [6, 6.07) is 9.77. The summed E-state index contributed by atoms with van der Waals surface area (Å²) >= 11 is 11.8. The van der Waals surface area contributed by atoms with Crippen molar-refractivity contribution in [3.05, 3.63) is 52.7 Å². The number of rotatable bonds is 3. The van der Waals surface area contributed by atoms with Crippen LogP contribution in [0.2, 0.25) is 5.02 Å². The zero-order chi connectivity index (χ0) is 14.8. The number of nitrogens with zero attached hydrogens (tertiary/aromatic N) is 1. The van der Waals surface area contributed by atoms with Crippen LogP contribution in [-0.4, -0.2) is 4.98 Å². The summed E-state index contributed by atoms with van der Waals surface area (Å²) in [6.45, 7) is 6.49. The number of benzene rings is 1. The van der Waals surface area contributed by atoms with E-state index in [1.54, 1.807) is 12.3 Å². The van der Waals surface area contributed by atoms with Crippen molar-refractivity contribution >= 4 is 23.2 Å². The van der Waals surface area contributed by atoms with Gasteiger partial charge < -0.3 is 4.74 Å². The maximum Gasteiger partial charge on any atom is 0.219 e. The summed E-state index contributed by atoms with van der Waals surface area (Å²) < 4.78 is 5.78. The zero-order valence-corrected chi connectivity index (χ0v) is 13.3. The fourth-order valence-electron chi connectivity index (χ4n) is 1.76. The fourth-order valence-corrected chi connectivity index (χ4v) is 2.22. The smallest absolute Gasteiger partial charge is 0.219 e. The Kier molecular flexibility index (Phi) is 4.56. The summed E-state index contributed by atoms with van der Waals surface area (Å²) in [4.78, 5) is 4.16. The van der Waals surface area contributed by atoms with Gasteiger partial charge in [0.05, 0.1) is 5.02 Å². The van der Waals surface area contributed by atoms with E-state index in [1.165, 1.54) is 5.56 Å². The Morgan fingerprint density at radius 3 is 2.60 bits per heavy atom. The summed E-state index contributed by atoms with van der Waals surface area (Å²) in [7, 11) is 0. The number of aromatic nitrogens is 1. The van der Waals surface area contributed by atoms with Gasteiger partial charge in [0.1, 0.15) is 5.75 Å². The molecule has 1 heterocycles. The van der Waals surface area contributed by atoms with Gasteiger partial charge in [-0.1, -0.05) is 44.5 Å². The van der Waals surface area contributed by atoms with Gasteiger partial charge in [0.2, 0.25) is 5.88 Å². The normalized spacial score (nSPS) is 11.4. The third-order valence-corrected chi connectivity index (χ3v) is 3.60. The van der Waals surface area contributed by atoms with Crippen LogP contribution in [0, 0.1) is 0 Å². The standard InChI is InChI=1S/C16H17Cl2NO/c1-16(2,3)12-5-4-6-13(8-12)20-15-7-11(9-17)14(18)10-19-15/h4-8,10H,9H2,1-3H3. The summed E-state index contributed by atoms with van der Waals surface area (Å²) in [5.41, 5.74) is 2.10. The highest BCUT2D eigenvalue weighted by Crippen LogP contribution is 2.29. The number of ether oxygens (including phenoxy) is 1. The van der Waals surface area contributed by atoms with Crippen LogP contribution in [0.4, 0.5) is 0 Å². The van der Waals surface area contributed by atoms with Gasteiger partial charge in [-0.25, -0.2) is 4.98 Å².